The molecule has 1 saturated heterocycles. The van der Waals surface area contributed by atoms with Gasteiger partial charge in [0.25, 0.3) is 0 Å². The first-order chi connectivity index (χ1) is 8.74. The van der Waals surface area contributed by atoms with Gasteiger partial charge in [0.05, 0.1) is 17.4 Å². The number of hydrazone groups is 1. The first-order valence-electron chi connectivity index (χ1n) is 5.62. The maximum Gasteiger partial charge on any atom is 0.147 e. The zero-order valence-electron chi connectivity index (χ0n) is 9.41. The topological polar surface area (TPSA) is 112 Å². The molecule has 1 aromatic heterocycles. The molecule has 0 saturated carbocycles. The van der Waals surface area contributed by atoms with E-state index >= 15 is 0 Å². The lowest BCUT2D eigenvalue weighted by molar-refractivity contribution is -0.143. The molecular formula is C10H12N8. The van der Waals surface area contributed by atoms with Crippen LogP contribution in [0, 0.1) is 0 Å². The number of anilines is 1. The summed E-state index contributed by atoms with van der Waals surface area (Å²) in [6.07, 6.45) is 1.62. The SMILES string of the molecule is NC1=NN2C(N)C1N2Nc1ccc2[nH]ncc2c1. The molecule has 5 rings (SSSR count). The molecule has 0 spiro atoms. The highest BCUT2D eigenvalue weighted by molar-refractivity contribution is 5.90. The summed E-state index contributed by atoms with van der Waals surface area (Å²) < 4.78 is 0. The summed E-state index contributed by atoms with van der Waals surface area (Å²) in [4.78, 5) is 0. The Labute approximate surface area is 102 Å². The van der Waals surface area contributed by atoms with Gasteiger partial charge >= 0.3 is 0 Å². The highest BCUT2D eigenvalue weighted by Crippen LogP contribution is 2.31. The summed E-state index contributed by atoms with van der Waals surface area (Å²) >= 11 is 0. The van der Waals surface area contributed by atoms with Gasteiger partial charge in [0, 0.05) is 5.39 Å². The molecular weight excluding hydrogens is 232 g/mol. The van der Waals surface area contributed by atoms with Gasteiger partial charge in [-0.1, -0.05) is 0 Å². The van der Waals surface area contributed by atoms with Crippen molar-refractivity contribution in [1.82, 2.24) is 20.4 Å². The van der Waals surface area contributed by atoms with Crippen LogP contribution >= 0.6 is 0 Å². The fourth-order valence-electron chi connectivity index (χ4n) is 2.33. The van der Waals surface area contributed by atoms with Crippen molar-refractivity contribution in [3.05, 3.63) is 24.4 Å². The van der Waals surface area contributed by atoms with E-state index in [-0.39, 0.29) is 12.2 Å². The standard InChI is InChI=1S/C10H12N8/c11-9-8-10(12)18(16-9)17(8)15-6-1-2-7-5(3-6)4-13-14-7/h1-4,8,10,15H,12H2,(H2,11,16)(H,13,14). The molecule has 0 aliphatic carbocycles. The molecule has 2 atom stereocenters. The lowest BCUT2D eigenvalue weighted by Crippen LogP contribution is -2.72. The summed E-state index contributed by atoms with van der Waals surface area (Å²) in [6, 6.07) is 5.86. The number of hydrogen-bond acceptors (Lipinski definition) is 7. The fraction of sp³-hybridized carbons (Fsp3) is 0.200. The lowest BCUT2D eigenvalue weighted by Gasteiger charge is -2.46. The molecule has 18 heavy (non-hydrogen) atoms. The summed E-state index contributed by atoms with van der Waals surface area (Å²) in [5.74, 6) is 0.541. The average molecular weight is 244 g/mol. The lowest BCUT2D eigenvalue weighted by atomic mass is 10.2. The van der Waals surface area contributed by atoms with Gasteiger partial charge in [-0.25, -0.2) is 0 Å². The number of nitrogens with two attached hydrogens (primary N) is 2. The Morgan fingerprint density at radius 3 is 3.00 bits per heavy atom. The summed E-state index contributed by atoms with van der Waals surface area (Å²) in [5.41, 5.74) is 16.8. The Morgan fingerprint density at radius 1 is 1.39 bits per heavy atom. The number of hydrazine groups is 2. The van der Waals surface area contributed by atoms with Gasteiger partial charge in [0.15, 0.2) is 0 Å². The first kappa shape index (κ1) is 9.68. The molecule has 1 aromatic carbocycles. The number of hydrogen-bond donors (Lipinski definition) is 4. The van der Waals surface area contributed by atoms with Gasteiger partial charge in [0.1, 0.15) is 18.0 Å². The predicted molar refractivity (Wildman–Crippen MR) is 66.8 cm³/mol. The third-order valence-electron chi connectivity index (χ3n) is 3.28. The van der Waals surface area contributed by atoms with E-state index in [1.165, 1.54) is 0 Å². The molecule has 2 aromatic rings. The van der Waals surface area contributed by atoms with Gasteiger partial charge in [-0.2, -0.15) is 10.2 Å². The van der Waals surface area contributed by atoms with Crippen LogP contribution in [0.3, 0.4) is 0 Å². The van der Waals surface area contributed by atoms with E-state index in [0.717, 1.165) is 16.6 Å². The molecule has 6 N–H and O–H groups in total. The van der Waals surface area contributed by atoms with Crippen LogP contribution in [0.15, 0.2) is 29.5 Å². The van der Waals surface area contributed by atoms with E-state index in [4.69, 9.17) is 11.5 Å². The van der Waals surface area contributed by atoms with Crippen LogP contribution in [0.1, 0.15) is 0 Å². The molecule has 4 heterocycles. The highest BCUT2D eigenvalue weighted by Gasteiger charge is 2.53. The van der Waals surface area contributed by atoms with Crippen LogP contribution in [0.5, 0.6) is 0 Å². The van der Waals surface area contributed by atoms with Crippen molar-refractivity contribution in [2.75, 3.05) is 5.43 Å². The predicted octanol–water partition coefficient (Wildman–Crippen LogP) is -0.638. The minimum absolute atomic E-state index is 0.0648. The van der Waals surface area contributed by atoms with E-state index in [2.05, 4.69) is 20.7 Å². The Morgan fingerprint density at radius 2 is 2.28 bits per heavy atom. The number of fused-ring (bicyclic) bond motifs is 1. The number of aromatic nitrogens is 2. The third-order valence-corrected chi connectivity index (χ3v) is 3.28. The molecule has 2 bridgehead atoms. The molecule has 2 unspecified atom stereocenters. The van der Waals surface area contributed by atoms with Crippen LogP contribution in [0.25, 0.3) is 10.9 Å². The molecule has 3 aliphatic rings. The number of benzene rings is 1. The Bertz CT molecular complexity index is 646. The minimum Gasteiger partial charge on any atom is -0.384 e. The van der Waals surface area contributed by atoms with Crippen molar-refractivity contribution in [3.8, 4) is 0 Å². The van der Waals surface area contributed by atoms with E-state index in [1.54, 1.807) is 11.3 Å². The zero-order valence-corrected chi connectivity index (χ0v) is 9.41. The molecule has 92 valence electrons. The van der Waals surface area contributed by atoms with Crippen molar-refractivity contribution >= 4 is 22.4 Å². The maximum atomic E-state index is 5.87. The molecule has 3 aliphatic heterocycles. The van der Waals surface area contributed by atoms with Gasteiger partial charge in [0.2, 0.25) is 0 Å². The molecule has 0 radical (unpaired) electrons. The molecule has 1 fully saturated rings. The Kier molecular flexibility index (Phi) is 1.68. The van der Waals surface area contributed by atoms with Crippen LogP contribution in [0.4, 0.5) is 5.69 Å². The smallest absolute Gasteiger partial charge is 0.147 e. The zero-order chi connectivity index (χ0) is 12.3. The summed E-state index contributed by atoms with van der Waals surface area (Å²) in [7, 11) is 0. The van der Waals surface area contributed by atoms with E-state index < -0.39 is 0 Å². The normalized spacial score (nSPS) is 26.3. The molecule has 8 nitrogen and oxygen atoms in total. The second-order valence-electron chi connectivity index (χ2n) is 4.41. The van der Waals surface area contributed by atoms with Crippen LogP contribution in [-0.4, -0.2) is 38.5 Å². The highest BCUT2D eigenvalue weighted by atomic mass is 16.0. The fourth-order valence-corrected chi connectivity index (χ4v) is 2.33. The van der Waals surface area contributed by atoms with Crippen molar-refractivity contribution < 1.29 is 0 Å². The van der Waals surface area contributed by atoms with Crippen LogP contribution in [0.2, 0.25) is 0 Å². The molecule has 8 heteroatoms. The van der Waals surface area contributed by atoms with Gasteiger partial charge < -0.3 is 11.5 Å². The largest absolute Gasteiger partial charge is 0.384 e. The van der Waals surface area contributed by atoms with Gasteiger partial charge in [-0.05, 0) is 18.2 Å². The van der Waals surface area contributed by atoms with E-state index in [0.29, 0.717) is 5.84 Å². The Balaban J connectivity index is 1.59. The van der Waals surface area contributed by atoms with Crippen molar-refractivity contribution in [2.45, 2.75) is 12.2 Å². The number of aromatic amines is 1. The summed E-state index contributed by atoms with van der Waals surface area (Å²) in [6.45, 7) is 0. The second kappa shape index (κ2) is 3.12. The minimum atomic E-state index is -0.157. The quantitative estimate of drug-likeness (QED) is 0.559. The van der Waals surface area contributed by atoms with Crippen molar-refractivity contribution in [3.63, 3.8) is 0 Å². The van der Waals surface area contributed by atoms with Crippen molar-refractivity contribution in [1.29, 1.82) is 0 Å². The Hall–Kier alpha value is -2.32. The van der Waals surface area contributed by atoms with Crippen LogP contribution < -0.4 is 16.9 Å². The molecule has 0 amide bonds. The number of H-pyrrole nitrogens is 1. The number of nitrogens with zero attached hydrogens (tertiary/aromatic N) is 4. The van der Waals surface area contributed by atoms with E-state index in [1.807, 2.05) is 23.3 Å². The van der Waals surface area contributed by atoms with Gasteiger partial charge in [-0.15, -0.1) is 10.2 Å². The summed E-state index contributed by atoms with van der Waals surface area (Å²) in [5, 5.41) is 15.5. The first-order valence-corrected chi connectivity index (χ1v) is 5.62. The van der Waals surface area contributed by atoms with Gasteiger partial charge in [-0.3, -0.25) is 10.5 Å². The third kappa shape index (κ3) is 1.10. The number of amidine groups is 1. The number of rotatable bonds is 2. The van der Waals surface area contributed by atoms with Crippen LogP contribution in [-0.2, 0) is 0 Å². The second-order valence-corrected chi connectivity index (χ2v) is 4.41. The number of nitrogens with one attached hydrogen (secondary N) is 2. The maximum absolute atomic E-state index is 5.87. The van der Waals surface area contributed by atoms with E-state index in [9.17, 15) is 0 Å². The van der Waals surface area contributed by atoms with Crippen molar-refractivity contribution in [2.24, 2.45) is 16.6 Å². The average Bonchev–Trinajstić information content (AvgIpc) is 3.01. The monoisotopic (exact) mass is 244 g/mol.